The van der Waals surface area contributed by atoms with Gasteiger partial charge >= 0.3 is 5.97 Å². The van der Waals surface area contributed by atoms with E-state index in [1.807, 2.05) is 0 Å². The maximum absolute atomic E-state index is 10.7. The predicted octanol–water partition coefficient (Wildman–Crippen LogP) is 1.35. The van der Waals surface area contributed by atoms with E-state index in [0.717, 1.165) is 0 Å². The van der Waals surface area contributed by atoms with Gasteiger partial charge in [-0.15, -0.1) is 0 Å². The Hall–Kier alpha value is -1.91. The van der Waals surface area contributed by atoms with Crippen LogP contribution in [0.2, 0.25) is 0 Å². The van der Waals surface area contributed by atoms with Crippen LogP contribution in [-0.4, -0.2) is 24.4 Å². The van der Waals surface area contributed by atoms with E-state index in [1.165, 1.54) is 20.8 Å². The number of ether oxygens (including phenoxy) is 1. The minimum absolute atomic E-state index is 0.0648. The van der Waals surface area contributed by atoms with Crippen molar-refractivity contribution in [1.82, 2.24) is 5.32 Å². The Labute approximate surface area is 102 Å². The van der Waals surface area contributed by atoms with E-state index in [4.69, 9.17) is 0 Å². The molecule has 0 aromatic carbocycles. The molecule has 0 bridgehead atoms. The van der Waals surface area contributed by atoms with Gasteiger partial charge in [-0.1, -0.05) is 13.2 Å². The van der Waals surface area contributed by atoms with E-state index in [9.17, 15) is 14.4 Å². The van der Waals surface area contributed by atoms with Crippen LogP contribution in [0.15, 0.2) is 24.3 Å². The summed E-state index contributed by atoms with van der Waals surface area (Å²) in [6.45, 7) is 12.8. The number of hydrogen-bond donors (Lipinski definition) is 1. The average Bonchev–Trinajstić information content (AvgIpc) is 2.17. The molecular formula is C12H19NO4. The van der Waals surface area contributed by atoms with Gasteiger partial charge < -0.3 is 10.1 Å². The first-order chi connectivity index (χ1) is 7.68. The molecule has 0 aromatic heterocycles. The number of carbonyl (C=O) groups excluding carboxylic acids is 3. The van der Waals surface area contributed by atoms with Crippen molar-refractivity contribution in [3.8, 4) is 0 Å². The first kappa shape index (κ1) is 17.5. The highest BCUT2D eigenvalue weighted by Crippen LogP contribution is 1.89. The summed E-state index contributed by atoms with van der Waals surface area (Å²) < 4.78 is 4.54. The lowest BCUT2D eigenvalue weighted by molar-refractivity contribution is -0.140. The highest BCUT2D eigenvalue weighted by Gasteiger charge is 2.01. The van der Waals surface area contributed by atoms with E-state index in [1.54, 1.807) is 6.92 Å². The number of Topliss-reactive ketones (excluding diaryl/α,β-unsaturated/α-hetero) is 1. The summed E-state index contributed by atoms with van der Waals surface area (Å²) in [6, 6.07) is 0. The second-order valence-electron chi connectivity index (χ2n) is 3.43. The summed E-state index contributed by atoms with van der Waals surface area (Å²) in [5.74, 6) is -0.673. The number of esters is 1. The minimum atomic E-state index is -0.501. The number of ketones is 1. The molecule has 5 nitrogen and oxygen atoms in total. The highest BCUT2D eigenvalue weighted by atomic mass is 16.5. The first-order valence-corrected chi connectivity index (χ1v) is 4.92. The molecule has 0 saturated carbocycles. The maximum atomic E-state index is 10.7. The largest absolute Gasteiger partial charge is 0.441 e. The fraction of sp³-hybridized carbons (Fsp3) is 0.417. The molecule has 0 saturated heterocycles. The molecule has 0 spiro atoms. The Balaban J connectivity index is 0. The zero-order valence-corrected chi connectivity index (χ0v) is 10.8. The van der Waals surface area contributed by atoms with Gasteiger partial charge in [-0.25, -0.2) is 4.79 Å². The van der Waals surface area contributed by atoms with Crippen LogP contribution < -0.4 is 5.32 Å². The number of hydrogen-bond acceptors (Lipinski definition) is 4. The quantitative estimate of drug-likeness (QED) is 0.458. The van der Waals surface area contributed by atoms with Crippen LogP contribution >= 0.6 is 0 Å². The number of nitrogens with one attached hydrogen (secondary N) is 1. The van der Waals surface area contributed by atoms with Gasteiger partial charge in [-0.05, 0) is 26.3 Å². The summed E-state index contributed by atoms with van der Waals surface area (Å²) in [7, 11) is 0. The molecule has 0 heterocycles. The molecule has 0 atom stereocenters. The Morgan fingerprint density at radius 3 is 1.65 bits per heavy atom. The van der Waals surface area contributed by atoms with Crippen LogP contribution in [0.3, 0.4) is 0 Å². The summed E-state index contributed by atoms with van der Waals surface area (Å²) in [4.78, 5) is 31.0. The first-order valence-electron chi connectivity index (χ1n) is 4.92. The molecule has 1 amide bonds. The average molecular weight is 241 g/mol. The van der Waals surface area contributed by atoms with Crippen molar-refractivity contribution in [3.63, 3.8) is 0 Å². The lowest BCUT2D eigenvalue weighted by Gasteiger charge is -2.03. The van der Waals surface area contributed by atoms with Crippen molar-refractivity contribution in [1.29, 1.82) is 0 Å². The predicted molar refractivity (Wildman–Crippen MR) is 65.1 cm³/mol. The molecule has 0 radical (unpaired) electrons. The number of allylic oxidation sites excluding steroid dienone is 1. The summed E-state index contributed by atoms with van der Waals surface area (Å²) in [5, 5.41) is 2.31. The summed E-state index contributed by atoms with van der Waals surface area (Å²) in [6.07, 6.45) is 0. The number of carbonyl (C=O) groups is 3. The third-order valence-electron chi connectivity index (χ3n) is 1.47. The second kappa shape index (κ2) is 9.33. The van der Waals surface area contributed by atoms with Crippen molar-refractivity contribution in [2.24, 2.45) is 0 Å². The van der Waals surface area contributed by atoms with Gasteiger partial charge in [0, 0.05) is 12.5 Å². The Morgan fingerprint density at radius 2 is 1.41 bits per heavy atom. The molecule has 0 fully saturated rings. The van der Waals surface area contributed by atoms with Crippen LogP contribution in [-0.2, 0) is 19.1 Å². The molecule has 0 aliphatic heterocycles. The summed E-state index contributed by atoms with van der Waals surface area (Å²) >= 11 is 0. The molecular weight excluding hydrogens is 222 g/mol. The molecule has 0 aromatic rings. The number of rotatable bonds is 4. The van der Waals surface area contributed by atoms with Gasteiger partial charge in [0.05, 0.1) is 0 Å². The molecule has 5 heteroatoms. The third-order valence-corrected chi connectivity index (χ3v) is 1.47. The Kier molecular flexibility index (Phi) is 9.59. The lowest BCUT2D eigenvalue weighted by atomic mass is 10.3. The lowest BCUT2D eigenvalue weighted by Crippen LogP contribution is -2.25. The Morgan fingerprint density at radius 1 is 1.00 bits per heavy atom. The standard InChI is InChI=1S/C7H11NO3.C5H8O/c1-5(2)7(10)11-4-8-6(3)9;1-4(2)5(3)6/h1,4H2,2-3H3,(H,8,9);1H2,2-3H3. The molecule has 96 valence electrons. The van der Waals surface area contributed by atoms with Crippen molar-refractivity contribution < 1.29 is 19.1 Å². The van der Waals surface area contributed by atoms with E-state index in [2.05, 4.69) is 23.2 Å². The normalized spacial score (nSPS) is 8.24. The molecule has 0 unspecified atom stereocenters. The fourth-order valence-corrected chi connectivity index (χ4v) is 0.326. The van der Waals surface area contributed by atoms with Gasteiger partial charge in [0.25, 0.3) is 0 Å². The SMILES string of the molecule is C=C(C)C(=O)OCNC(C)=O.C=C(C)C(C)=O. The van der Waals surface area contributed by atoms with E-state index in [0.29, 0.717) is 11.1 Å². The van der Waals surface area contributed by atoms with Crippen LogP contribution in [0.5, 0.6) is 0 Å². The van der Waals surface area contributed by atoms with Gasteiger partial charge in [-0.2, -0.15) is 0 Å². The zero-order valence-electron chi connectivity index (χ0n) is 10.8. The number of amides is 1. The van der Waals surface area contributed by atoms with Gasteiger partial charge in [0.1, 0.15) is 0 Å². The van der Waals surface area contributed by atoms with Gasteiger partial charge in [0.2, 0.25) is 5.91 Å². The fourth-order valence-electron chi connectivity index (χ4n) is 0.326. The highest BCUT2D eigenvalue weighted by molar-refractivity contribution is 5.91. The van der Waals surface area contributed by atoms with E-state index < -0.39 is 5.97 Å². The molecule has 0 aliphatic carbocycles. The molecule has 0 rings (SSSR count). The van der Waals surface area contributed by atoms with Crippen molar-refractivity contribution >= 4 is 17.7 Å². The molecule has 0 aliphatic rings. The summed E-state index contributed by atoms with van der Waals surface area (Å²) in [5.41, 5.74) is 0.936. The maximum Gasteiger partial charge on any atom is 0.334 e. The van der Waals surface area contributed by atoms with E-state index in [-0.39, 0.29) is 18.4 Å². The molecule has 17 heavy (non-hydrogen) atoms. The van der Waals surface area contributed by atoms with Crippen molar-refractivity contribution in [2.45, 2.75) is 27.7 Å². The van der Waals surface area contributed by atoms with Crippen LogP contribution in [0.25, 0.3) is 0 Å². The third kappa shape index (κ3) is 14.1. The Bertz CT molecular complexity index is 319. The zero-order chi connectivity index (χ0) is 14.0. The van der Waals surface area contributed by atoms with Gasteiger partial charge in [-0.3, -0.25) is 9.59 Å². The van der Waals surface area contributed by atoms with Crippen LogP contribution in [0.1, 0.15) is 27.7 Å². The van der Waals surface area contributed by atoms with Crippen LogP contribution in [0.4, 0.5) is 0 Å². The van der Waals surface area contributed by atoms with Crippen molar-refractivity contribution in [3.05, 3.63) is 24.3 Å². The van der Waals surface area contributed by atoms with Crippen LogP contribution in [0, 0.1) is 0 Å². The minimum Gasteiger partial charge on any atom is -0.441 e. The second-order valence-corrected chi connectivity index (χ2v) is 3.43. The smallest absolute Gasteiger partial charge is 0.334 e. The topological polar surface area (TPSA) is 72.5 Å². The van der Waals surface area contributed by atoms with Gasteiger partial charge in [0.15, 0.2) is 12.5 Å². The van der Waals surface area contributed by atoms with E-state index >= 15 is 0 Å². The molecule has 1 N–H and O–H groups in total. The monoisotopic (exact) mass is 241 g/mol. The van der Waals surface area contributed by atoms with Crippen molar-refractivity contribution in [2.75, 3.05) is 6.73 Å².